The lowest BCUT2D eigenvalue weighted by atomic mass is 10.1. The average molecular weight is 507 g/mol. The summed E-state index contributed by atoms with van der Waals surface area (Å²) >= 11 is 1.30. The van der Waals surface area contributed by atoms with Crippen molar-refractivity contribution in [3.05, 3.63) is 61.2 Å². The zero-order valence-electron chi connectivity index (χ0n) is 19.2. The molecule has 1 unspecified atom stereocenters. The number of amides is 2. The molecule has 0 radical (unpaired) electrons. The number of carbonyl (C=O) groups excluding carboxylic acids is 2. The number of fused-ring (bicyclic) bond motifs is 1. The lowest BCUT2D eigenvalue weighted by Crippen LogP contribution is -2.44. The minimum Gasteiger partial charge on any atom is -0.368 e. The van der Waals surface area contributed by atoms with Gasteiger partial charge < -0.3 is 20.5 Å². The van der Waals surface area contributed by atoms with Gasteiger partial charge in [0.2, 0.25) is 11.8 Å². The van der Waals surface area contributed by atoms with Gasteiger partial charge in [0.1, 0.15) is 23.2 Å². The molecule has 36 heavy (non-hydrogen) atoms. The van der Waals surface area contributed by atoms with Gasteiger partial charge in [-0.3, -0.25) is 14.6 Å². The summed E-state index contributed by atoms with van der Waals surface area (Å²) in [7, 11) is 0. The monoisotopic (exact) mass is 506 g/mol. The Morgan fingerprint density at radius 2 is 2.11 bits per heavy atom. The first-order valence-corrected chi connectivity index (χ1v) is 12.1. The largest absolute Gasteiger partial charge is 0.368 e. The Labute approximate surface area is 209 Å². The molecule has 12 heteroatoms. The Hall–Kier alpha value is -4.19. The summed E-state index contributed by atoms with van der Waals surface area (Å²) in [6, 6.07) is 2.88. The molecule has 1 fully saturated rings. The predicted octanol–water partition coefficient (Wildman–Crippen LogP) is 3.26. The minimum absolute atomic E-state index is 0.241. The molecule has 5 heterocycles. The zero-order valence-corrected chi connectivity index (χ0v) is 20.0. The van der Waals surface area contributed by atoms with E-state index in [1.807, 2.05) is 10.6 Å². The van der Waals surface area contributed by atoms with E-state index in [0.29, 0.717) is 58.4 Å². The van der Waals surface area contributed by atoms with Gasteiger partial charge in [0, 0.05) is 42.7 Å². The molecule has 0 aromatic carbocycles. The summed E-state index contributed by atoms with van der Waals surface area (Å²) in [5.41, 5.74) is 7.80. The van der Waals surface area contributed by atoms with Crippen LogP contribution in [0.1, 0.15) is 19.3 Å². The third-order valence-corrected chi connectivity index (χ3v) is 7.03. The summed E-state index contributed by atoms with van der Waals surface area (Å²) < 4.78 is 16.0. The number of rotatable bonds is 8. The molecule has 184 valence electrons. The molecule has 3 N–H and O–H groups in total. The second-order valence-corrected chi connectivity index (χ2v) is 9.45. The average Bonchev–Trinajstić information content (AvgIpc) is 3.62. The Bertz CT molecular complexity index is 1470. The first-order chi connectivity index (χ1) is 17.4. The third kappa shape index (κ3) is 4.67. The molecule has 5 rings (SSSR count). The van der Waals surface area contributed by atoms with Gasteiger partial charge in [-0.05, 0) is 25.3 Å². The van der Waals surface area contributed by atoms with Crippen LogP contribution in [-0.4, -0.2) is 53.8 Å². The van der Waals surface area contributed by atoms with Crippen LogP contribution < -0.4 is 11.1 Å². The van der Waals surface area contributed by atoms with E-state index >= 15 is 0 Å². The molecular formula is C24H23FN8O2S. The first-order valence-electron chi connectivity index (χ1n) is 11.3. The van der Waals surface area contributed by atoms with Crippen LogP contribution in [0, 0.1) is 5.82 Å². The highest BCUT2D eigenvalue weighted by Crippen LogP contribution is 2.32. The van der Waals surface area contributed by atoms with Crippen molar-refractivity contribution in [2.45, 2.75) is 31.8 Å². The van der Waals surface area contributed by atoms with Crippen LogP contribution in [-0.2, 0) is 16.1 Å². The van der Waals surface area contributed by atoms with Gasteiger partial charge in [-0.15, -0.1) is 0 Å². The fraction of sp³-hybridized carbons (Fsp3) is 0.250. The number of pyridine rings is 2. The van der Waals surface area contributed by atoms with Gasteiger partial charge in [-0.1, -0.05) is 17.9 Å². The second kappa shape index (κ2) is 9.82. The number of carbonyl (C=O) groups is 2. The molecular weight excluding hydrogens is 483 g/mol. The number of hydrogen-bond donors (Lipinski definition) is 2. The van der Waals surface area contributed by atoms with Gasteiger partial charge in [0.15, 0.2) is 5.13 Å². The van der Waals surface area contributed by atoms with E-state index in [1.165, 1.54) is 28.6 Å². The third-order valence-electron chi connectivity index (χ3n) is 6.09. The Morgan fingerprint density at radius 1 is 1.25 bits per heavy atom. The molecule has 0 bridgehead atoms. The summed E-state index contributed by atoms with van der Waals surface area (Å²) in [6.07, 6.45) is 9.36. The van der Waals surface area contributed by atoms with Crippen LogP contribution in [0.15, 0.2) is 55.4 Å². The van der Waals surface area contributed by atoms with E-state index < -0.39 is 17.8 Å². The summed E-state index contributed by atoms with van der Waals surface area (Å²) in [4.78, 5) is 43.5. The summed E-state index contributed by atoms with van der Waals surface area (Å²) in [5.74, 6) is -0.585. The van der Waals surface area contributed by atoms with E-state index in [1.54, 1.807) is 24.8 Å². The van der Waals surface area contributed by atoms with Crippen LogP contribution in [0.3, 0.4) is 0 Å². The van der Waals surface area contributed by atoms with Crippen molar-refractivity contribution in [2.75, 3.05) is 11.9 Å². The van der Waals surface area contributed by atoms with Crippen molar-refractivity contribution in [3.63, 3.8) is 0 Å². The SMILES string of the molecule is C=C(CCn1cnc2cnc(Nc3ncc(-c4ccncc4F)s3)cc21)C(=O)N1CCCC1C(N)=O. The van der Waals surface area contributed by atoms with Crippen molar-refractivity contribution in [3.8, 4) is 10.4 Å². The normalized spacial score (nSPS) is 15.4. The van der Waals surface area contributed by atoms with Gasteiger partial charge in [0.25, 0.3) is 0 Å². The standard InChI is InChI=1S/C24H23FN8O2S/c1-14(23(35)33-7-2-3-18(33)22(26)34)5-8-32-13-30-17-11-28-21(9-19(17)32)31-24-29-12-20(36-24)15-4-6-27-10-16(15)25/h4,6,9-13,18H,1-3,5,7-8H2,(H2,26,34)(H,28,29,31). The maximum absolute atomic E-state index is 14.0. The van der Waals surface area contributed by atoms with E-state index in [-0.39, 0.29) is 5.91 Å². The van der Waals surface area contributed by atoms with E-state index in [2.05, 4.69) is 31.8 Å². The number of nitrogens with one attached hydrogen (secondary N) is 1. The maximum Gasteiger partial charge on any atom is 0.249 e. The highest BCUT2D eigenvalue weighted by Gasteiger charge is 2.33. The number of nitrogens with zero attached hydrogens (tertiary/aromatic N) is 6. The predicted molar refractivity (Wildman–Crippen MR) is 134 cm³/mol. The van der Waals surface area contributed by atoms with Crippen LogP contribution in [0.5, 0.6) is 0 Å². The van der Waals surface area contributed by atoms with Crippen molar-refractivity contribution < 1.29 is 14.0 Å². The number of primary amides is 1. The molecule has 0 spiro atoms. The van der Waals surface area contributed by atoms with Crippen molar-refractivity contribution in [1.29, 1.82) is 0 Å². The number of halogens is 1. The first kappa shape index (κ1) is 23.5. The highest BCUT2D eigenvalue weighted by molar-refractivity contribution is 7.18. The molecule has 10 nitrogen and oxygen atoms in total. The lowest BCUT2D eigenvalue weighted by Gasteiger charge is -2.23. The zero-order chi connectivity index (χ0) is 25.2. The molecule has 1 aliphatic rings. The Kier molecular flexibility index (Phi) is 6.42. The number of imidazole rings is 1. The number of nitrogens with two attached hydrogens (primary N) is 1. The van der Waals surface area contributed by atoms with E-state index in [0.717, 1.165) is 11.9 Å². The number of hydrogen-bond acceptors (Lipinski definition) is 8. The van der Waals surface area contributed by atoms with E-state index in [9.17, 15) is 14.0 Å². The molecule has 2 amide bonds. The molecule has 1 atom stereocenters. The quantitative estimate of drug-likeness (QED) is 0.351. The van der Waals surface area contributed by atoms with E-state index in [4.69, 9.17) is 5.73 Å². The fourth-order valence-corrected chi connectivity index (χ4v) is 5.07. The van der Waals surface area contributed by atoms with Gasteiger partial charge in [0.05, 0.1) is 29.1 Å². The highest BCUT2D eigenvalue weighted by atomic mass is 32.1. The van der Waals surface area contributed by atoms with Gasteiger partial charge >= 0.3 is 0 Å². The Morgan fingerprint density at radius 3 is 2.92 bits per heavy atom. The van der Waals surface area contributed by atoms with Gasteiger partial charge in [-0.2, -0.15) is 0 Å². The molecule has 0 saturated carbocycles. The van der Waals surface area contributed by atoms with Crippen molar-refractivity contribution in [1.82, 2.24) is 29.4 Å². The molecule has 0 aliphatic carbocycles. The van der Waals surface area contributed by atoms with Crippen LogP contribution >= 0.6 is 11.3 Å². The van der Waals surface area contributed by atoms with Gasteiger partial charge in [-0.25, -0.2) is 19.3 Å². The lowest BCUT2D eigenvalue weighted by molar-refractivity contribution is -0.134. The number of anilines is 2. The minimum atomic E-state index is -0.565. The molecule has 4 aromatic heterocycles. The smallest absolute Gasteiger partial charge is 0.249 e. The summed E-state index contributed by atoms with van der Waals surface area (Å²) in [5, 5.41) is 3.72. The number of aryl methyl sites for hydroxylation is 1. The van der Waals surface area contributed by atoms with Crippen molar-refractivity contribution in [2.24, 2.45) is 5.73 Å². The topological polar surface area (TPSA) is 132 Å². The second-order valence-electron chi connectivity index (χ2n) is 8.42. The van der Waals surface area contributed by atoms with Crippen LogP contribution in [0.2, 0.25) is 0 Å². The van der Waals surface area contributed by atoms with Crippen molar-refractivity contribution >= 4 is 45.1 Å². The Balaban J connectivity index is 1.27. The van der Waals surface area contributed by atoms with Crippen LogP contribution in [0.4, 0.5) is 15.3 Å². The molecule has 1 aliphatic heterocycles. The number of thiazole rings is 1. The maximum atomic E-state index is 14.0. The summed E-state index contributed by atoms with van der Waals surface area (Å²) in [6.45, 7) is 4.92. The molecule has 4 aromatic rings. The number of aromatic nitrogens is 5. The number of likely N-dealkylation sites (tertiary alicyclic amines) is 1. The van der Waals surface area contributed by atoms with Crippen LogP contribution in [0.25, 0.3) is 21.5 Å². The molecule has 1 saturated heterocycles. The fourth-order valence-electron chi connectivity index (χ4n) is 4.22.